The Bertz CT molecular complexity index is 952. The highest BCUT2D eigenvalue weighted by Crippen LogP contribution is 2.19. The predicted molar refractivity (Wildman–Crippen MR) is 121 cm³/mol. The van der Waals surface area contributed by atoms with Gasteiger partial charge in [-0.05, 0) is 45.7 Å². The Morgan fingerprint density at radius 3 is 2.45 bits per heavy atom. The molecule has 2 aromatic carbocycles. The molecule has 0 aliphatic heterocycles. The molecule has 0 spiro atoms. The van der Waals surface area contributed by atoms with E-state index in [9.17, 15) is 4.79 Å². The van der Waals surface area contributed by atoms with E-state index in [1.165, 1.54) is 0 Å². The number of hydrogen-bond donors (Lipinski definition) is 0. The van der Waals surface area contributed by atoms with E-state index in [4.69, 9.17) is 9.26 Å². The summed E-state index contributed by atoms with van der Waals surface area (Å²) in [6.45, 7) is 8.21. The van der Waals surface area contributed by atoms with Crippen molar-refractivity contribution in [3.63, 3.8) is 0 Å². The van der Waals surface area contributed by atoms with Crippen LogP contribution in [0.25, 0.3) is 11.4 Å². The van der Waals surface area contributed by atoms with E-state index in [1.54, 1.807) is 0 Å². The number of amides is 1. The van der Waals surface area contributed by atoms with Gasteiger partial charge < -0.3 is 14.2 Å². The zero-order valence-electron chi connectivity index (χ0n) is 18.7. The molecule has 6 nitrogen and oxygen atoms in total. The molecule has 31 heavy (non-hydrogen) atoms. The van der Waals surface area contributed by atoms with Crippen LogP contribution in [0.4, 0.5) is 0 Å². The second-order valence-corrected chi connectivity index (χ2v) is 7.97. The largest absolute Gasteiger partial charge is 0.484 e. The van der Waals surface area contributed by atoms with Gasteiger partial charge in [-0.1, -0.05) is 60.1 Å². The van der Waals surface area contributed by atoms with Crippen molar-refractivity contribution < 1.29 is 14.1 Å². The fourth-order valence-corrected chi connectivity index (χ4v) is 3.66. The minimum absolute atomic E-state index is 0.0158. The van der Waals surface area contributed by atoms with Gasteiger partial charge in [-0.3, -0.25) is 4.79 Å². The van der Waals surface area contributed by atoms with Crippen molar-refractivity contribution in [2.45, 2.75) is 59.0 Å². The van der Waals surface area contributed by atoms with Crippen molar-refractivity contribution in [3.05, 3.63) is 66.1 Å². The van der Waals surface area contributed by atoms with Crippen LogP contribution >= 0.6 is 0 Å². The summed E-state index contributed by atoms with van der Waals surface area (Å²) in [7, 11) is 0. The lowest BCUT2D eigenvalue weighted by atomic mass is 10.0. The standard InChI is InChI=1S/C25H31N3O3/c1-5-21(13-16-23-26-25(27-31-23)20-9-7-6-8-10-20)28(18(2)3)24(29)17-30-22-14-11-19(4)12-15-22/h6-12,14-15,18,21H,5,13,16-17H2,1-4H3. The van der Waals surface area contributed by atoms with Gasteiger partial charge in [-0.25, -0.2) is 0 Å². The highest BCUT2D eigenvalue weighted by atomic mass is 16.5. The molecule has 0 radical (unpaired) electrons. The van der Waals surface area contributed by atoms with E-state index in [2.05, 4.69) is 17.1 Å². The van der Waals surface area contributed by atoms with Crippen LogP contribution < -0.4 is 4.74 Å². The summed E-state index contributed by atoms with van der Waals surface area (Å²) in [5.74, 6) is 1.87. The topological polar surface area (TPSA) is 68.5 Å². The number of aryl methyl sites for hydroxylation is 2. The molecule has 0 saturated heterocycles. The third kappa shape index (κ3) is 6.17. The minimum Gasteiger partial charge on any atom is -0.484 e. The molecule has 0 bridgehead atoms. The first-order valence-electron chi connectivity index (χ1n) is 10.9. The molecule has 1 aromatic heterocycles. The van der Waals surface area contributed by atoms with Crippen molar-refractivity contribution in [2.75, 3.05) is 6.61 Å². The second kappa shape index (κ2) is 10.8. The van der Waals surface area contributed by atoms with Gasteiger partial charge in [-0.2, -0.15) is 4.98 Å². The molecule has 0 aliphatic carbocycles. The Hall–Kier alpha value is -3.15. The molecular formula is C25H31N3O3. The molecule has 0 fully saturated rings. The zero-order valence-corrected chi connectivity index (χ0v) is 18.7. The third-order valence-electron chi connectivity index (χ3n) is 5.28. The number of benzene rings is 2. The van der Waals surface area contributed by atoms with Crippen LogP contribution in [0.15, 0.2) is 59.1 Å². The highest BCUT2D eigenvalue weighted by Gasteiger charge is 2.26. The molecule has 6 heteroatoms. The van der Waals surface area contributed by atoms with Crippen LogP contribution in [0.2, 0.25) is 0 Å². The van der Waals surface area contributed by atoms with Crippen LogP contribution in [-0.4, -0.2) is 39.6 Å². The molecule has 164 valence electrons. The van der Waals surface area contributed by atoms with Crippen LogP contribution in [0, 0.1) is 6.92 Å². The minimum atomic E-state index is -0.0158. The molecule has 3 aromatic rings. The SMILES string of the molecule is CCC(CCc1nc(-c2ccccc2)no1)N(C(=O)COc1ccc(C)cc1)C(C)C. The summed E-state index contributed by atoms with van der Waals surface area (Å²) in [4.78, 5) is 19.4. The zero-order chi connectivity index (χ0) is 22.2. The normalized spacial score (nSPS) is 12.0. The van der Waals surface area contributed by atoms with E-state index < -0.39 is 0 Å². The number of ether oxygens (including phenoxy) is 1. The number of nitrogens with zero attached hydrogens (tertiary/aromatic N) is 3. The van der Waals surface area contributed by atoms with E-state index >= 15 is 0 Å². The molecule has 1 heterocycles. The van der Waals surface area contributed by atoms with Crippen LogP contribution in [-0.2, 0) is 11.2 Å². The van der Waals surface area contributed by atoms with Gasteiger partial charge in [-0.15, -0.1) is 0 Å². The Morgan fingerprint density at radius 2 is 1.81 bits per heavy atom. The molecule has 0 N–H and O–H groups in total. The lowest BCUT2D eigenvalue weighted by molar-refractivity contribution is -0.138. The van der Waals surface area contributed by atoms with Gasteiger partial charge >= 0.3 is 0 Å². The average molecular weight is 422 g/mol. The average Bonchev–Trinajstić information content (AvgIpc) is 3.25. The van der Waals surface area contributed by atoms with Gasteiger partial charge in [0.2, 0.25) is 11.7 Å². The molecule has 1 amide bonds. The summed E-state index contributed by atoms with van der Waals surface area (Å²) in [5, 5.41) is 4.09. The molecule has 3 rings (SSSR count). The van der Waals surface area contributed by atoms with Gasteiger partial charge in [0.25, 0.3) is 5.91 Å². The van der Waals surface area contributed by atoms with Crippen LogP contribution in [0.3, 0.4) is 0 Å². The fraction of sp³-hybridized carbons (Fsp3) is 0.400. The van der Waals surface area contributed by atoms with Crippen LogP contribution in [0.1, 0.15) is 45.1 Å². The van der Waals surface area contributed by atoms with E-state index in [0.29, 0.717) is 23.9 Å². The van der Waals surface area contributed by atoms with Crippen molar-refractivity contribution in [2.24, 2.45) is 0 Å². The van der Waals surface area contributed by atoms with Crippen molar-refractivity contribution >= 4 is 5.91 Å². The number of aromatic nitrogens is 2. The molecule has 1 atom stereocenters. The first kappa shape index (κ1) is 22.5. The first-order chi connectivity index (χ1) is 15.0. The maximum atomic E-state index is 13.0. The monoisotopic (exact) mass is 421 g/mol. The number of hydrogen-bond acceptors (Lipinski definition) is 5. The summed E-state index contributed by atoms with van der Waals surface area (Å²) in [6, 6.07) is 17.6. The van der Waals surface area contributed by atoms with E-state index in [1.807, 2.05) is 80.3 Å². The Morgan fingerprint density at radius 1 is 1.10 bits per heavy atom. The summed E-state index contributed by atoms with van der Waals surface area (Å²) >= 11 is 0. The quantitative estimate of drug-likeness (QED) is 0.457. The molecule has 0 saturated carbocycles. The summed E-state index contributed by atoms with van der Waals surface area (Å²) in [5.41, 5.74) is 2.08. The van der Waals surface area contributed by atoms with Crippen molar-refractivity contribution in [3.8, 4) is 17.1 Å². The predicted octanol–water partition coefficient (Wildman–Crippen LogP) is 5.07. The number of carbonyl (C=O) groups excluding carboxylic acids is 1. The summed E-state index contributed by atoms with van der Waals surface area (Å²) in [6.07, 6.45) is 2.21. The lowest BCUT2D eigenvalue weighted by Gasteiger charge is -2.34. The van der Waals surface area contributed by atoms with E-state index in [0.717, 1.165) is 24.0 Å². The van der Waals surface area contributed by atoms with Crippen LogP contribution in [0.5, 0.6) is 5.75 Å². The number of carbonyl (C=O) groups is 1. The Kier molecular flexibility index (Phi) is 7.82. The number of rotatable bonds is 10. The van der Waals surface area contributed by atoms with E-state index in [-0.39, 0.29) is 24.6 Å². The summed E-state index contributed by atoms with van der Waals surface area (Å²) < 4.78 is 11.2. The highest BCUT2D eigenvalue weighted by molar-refractivity contribution is 5.78. The maximum Gasteiger partial charge on any atom is 0.260 e. The molecule has 1 unspecified atom stereocenters. The van der Waals surface area contributed by atoms with Gasteiger partial charge in [0.1, 0.15) is 5.75 Å². The van der Waals surface area contributed by atoms with Gasteiger partial charge in [0, 0.05) is 24.1 Å². The third-order valence-corrected chi connectivity index (χ3v) is 5.28. The lowest BCUT2D eigenvalue weighted by Crippen LogP contribution is -2.47. The Labute approximate surface area is 184 Å². The van der Waals surface area contributed by atoms with Crippen molar-refractivity contribution in [1.29, 1.82) is 0 Å². The molecule has 0 aliphatic rings. The first-order valence-corrected chi connectivity index (χ1v) is 10.9. The van der Waals surface area contributed by atoms with Crippen molar-refractivity contribution in [1.82, 2.24) is 15.0 Å². The second-order valence-electron chi connectivity index (χ2n) is 7.97. The maximum absolute atomic E-state index is 13.0. The fourth-order valence-electron chi connectivity index (χ4n) is 3.66. The molecular weight excluding hydrogens is 390 g/mol. The van der Waals surface area contributed by atoms with Gasteiger partial charge in [0.15, 0.2) is 6.61 Å². The Balaban J connectivity index is 1.60. The van der Waals surface area contributed by atoms with Gasteiger partial charge in [0.05, 0.1) is 0 Å². The smallest absolute Gasteiger partial charge is 0.260 e.